The van der Waals surface area contributed by atoms with Crippen LogP contribution in [0.2, 0.25) is 0 Å². The van der Waals surface area contributed by atoms with E-state index in [1.165, 1.54) is 0 Å². The topological polar surface area (TPSA) is 12.4 Å². The number of nitrogens with zero attached hydrogens (tertiary/aromatic N) is 1. The molecule has 0 saturated carbocycles. The fourth-order valence-corrected chi connectivity index (χ4v) is 1.28. The van der Waals surface area contributed by atoms with E-state index < -0.39 is 0 Å². The first kappa shape index (κ1) is 13.2. The lowest BCUT2D eigenvalue weighted by Gasteiger charge is -2.03. The third kappa shape index (κ3) is 5.07. The molecule has 0 aliphatic heterocycles. The standard InChI is InChI=1S/C12H19NS/c1-5-8-11(9-10(4)14)12(6-2)13-7-3/h6-9,14H,5H2,1-4H3/b10-9+,11-8-,12-6+,13-7-. The average Bonchev–Trinajstić information content (AvgIpc) is 2.13. The lowest BCUT2D eigenvalue weighted by Crippen LogP contribution is -1.84. The molecule has 0 aliphatic rings. The molecule has 0 atom stereocenters. The summed E-state index contributed by atoms with van der Waals surface area (Å²) in [5, 5.41) is 0. The van der Waals surface area contributed by atoms with E-state index in [-0.39, 0.29) is 0 Å². The Morgan fingerprint density at radius 2 is 2.00 bits per heavy atom. The van der Waals surface area contributed by atoms with Crippen molar-refractivity contribution in [2.75, 3.05) is 0 Å². The first-order chi connectivity index (χ1) is 6.65. The fourth-order valence-electron chi connectivity index (χ4n) is 1.14. The maximum absolute atomic E-state index is 4.30. The zero-order valence-corrected chi connectivity index (χ0v) is 10.3. The predicted molar refractivity (Wildman–Crippen MR) is 69.0 cm³/mol. The number of thiol groups is 1. The first-order valence-electron chi connectivity index (χ1n) is 4.88. The van der Waals surface area contributed by atoms with Gasteiger partial charge in [-0.25, -0.2) is 0 Å². The molecule has 78 valence electrons. The van der Waals surface area contributed by atoms with Gasteiger partial charge in [-0.3, -0.25) is 4.99 Å². The molecule has 0 amide bonds. The molecule has 0 fully saturated rings. The number of allylic oxidation sites excluding steroid dienone is 4. The van der Waals surface area contributed by atoms with E-state index in [0.717, 1.165) is 22.6 Å². The lowest BCUT2D eigenvalue weighted by molar-refractivity contribution is 1.18. The molecule has 0 heterocycles. The summed E-state index contributed by atoms with van der Waals surface area (Å²) in [4.78, 5) is 5.30. The Balaban J connectivity index is 5.01. The molecule has 0 N–H and O–H groups in total. The van der Waals surface area contributed by atoms with Gasteiger partial charge in [0, 0.05) is 6.21 Å². The van der Waals surface area contributed by atoms with E-state index >= 15 is 0 Å². The van der Waals surface area contributed by atoms with Crippen molar-refractivity contribution in [3.8, 4) is 0 Å². The van der Waals surface area contributed by atoms with Gasteiger partial charge in [-0.15, -0.1) is 12.6 Å². The SMILES string of the molecule is C\C=N/C(=C/C)C(=C\CC)/C=C(\C)S. The maximum atomic E-state index is 4.30. The smallest absolute Gasteiger partial charge is 0.0652 e. The molecule has 0 aromatic heterocycles. The van der Waals surface area contributed by atoms with E-state index in [9.17, 15) is 0 Å². The van der Waals surface area contributed by atoms with Gasteiger partial charge >= 0.3 is 0 Å². The van der Waals surface area contributed by atoms with Crippen molar-refractivity contribution in [2.24, 2.45) is 4.99 Å². The van der Waals surface area contributed by atoms with Crippen molar-refractivity contribution in [3.05, 3.63) is 34.4 Å². The molecule has 0 unspecified atom stereocenters. The van der Waals surface area contributed by atoms with Crippen LogP contribution in [0.5, 0.6) is 0 Å². The second-order valence-electron chi connectivity index (χ2n) is 2.91. The molecule has 0 aliphatic carbocycles. The van der Waals surface area contributed by atoms with Crippen LogP contribution in [0.25, 0.3) is 0 Å². The summed E-state index contributed by atoms with van der Waals surface area (Å²) in [5.74, 6) is 0. The van der Waals surface area contributed by atoms with Gasteiger partial charge in [-0.2, -0.15) is 0 Å². The Morgan fingerprint density at radius 1 is 1.36 bits per heavy atom. The normalized spacial score (nSPS) is 15.4. The van der Waals surface area contributed by atoms with E-state index in [1.807, 2.05) is 32.9 Å². The molecule has 2 heteroatoms. The van der Waals surface area contributed by atoms with Crippen LogP contribution in [-0.4, -0.2) is 6.21 Å². The quantitative estimate of drug-likeness (QED) is 0.406. The van der Waals surface area contributed by atoms with E-state index in [1.54, 1.807) is 6.21 Å². The Hall–Kier alpha value is -0.760. The number of hydrogen-bond acceptors (Lipinski definition) is 2. The van der Waals surface area contributed by atoms with Crippen molar-refractivity contribution < 1.29 is 0 Å². The molecule has 0 aromatic carbocycles. The number of rotatable bonds is 4. The van der Waals surface area contributed by atoms with E-state index in [0.29, 0.717) is 0 Å². The molecule has 0 radical (unpaired) electrons. The zero-order valence-electron chi connectivity index (χ0n) is 9.41. The minimum atomic E-state index is 0.996. The monoisotopic (exact) mass is 209 g/mol. The highest BCUT2D eigenvalue weighted by atomic mass is 32.1. The fraction of sp³-hybridized carbons (Fsp3) is 0.417. The number of hydrogen-bond donors (Lipinski definition) is 1. The van der Waals surface area contributed by atoms with Crippen LogP contribution in [0, 0.1) is 0 Å². The average molecular weight is 209 g/mol. The van der Waals surface area contributed by atoms with Gasteiger partial charge in [0.25, 0.3) is 0 Å². The van der Waals surface area contributed by atoms with Crippen LogP contribution in [0.4, 0.5) is 0 Å². The van der Waals surface area contributed by atoms with Gasteiger partial charge in [-0.1, -0.05) is 19.1 Å². The highest BCUT2D eigenvalue weighted by molar-refractivity contribution is 7.84. The minimum absolute atomic E-state index is 0.996. The molecule has 1 nitrogen and oxygen atoms in total. The van der Waals surface area contributed by atoms with Crippen LogP contribution >= 0.6 is 12.6 Å². The van der Waals surface area contributed by atoms with Crippen molar-refractivity contribution in [2.45, 2.75) is 34.1 Å². The van der Waals surface area contributed by atoms with Crippen LogP contribution in [0.1, 0.15) is 34.1 Å². The third-order valence-corrected chi connectivity index (χ3v) is 1.75. The molecule has 0 spiro atoms. The Labute approximate surface area is 92.7 Å². The van der Waals surface area contributed by atoms with Gasteiger partial charge < -0.3 is 0 Å². The molecule has 14 heavy (non-hydrogen) atoms. The first-order valence-corrected chi connectivity index (χ1v) is 5.33. The largest absolute Gasteiger partial charge is 0.261 e. The van der Waals surface area contributed by atoms with E-state index in [4.69, 9.17) is 0 Å². The maximum Gasteiger partial charge on any atom is 0.0652 e. The molecule has 0 rings (SSSR count). The lowest BCUT2D eigenvalue weighted by atomic mass is 10.1. The van der Waals surface area contributed by atoms with Gasteiger partial charge in [0.05, 0.1) is 5.70 Å². The van der Waals surface area contributed by atoms with Crippen LogP contribution in [0.15, 0.2) is 39.4 Å². The predicted octanol–water partition coefficient (Wildman–Crippen LogP) is 4.15. The van der Waals surface area contributed by atoms with E-state index in [2.05, 4.69) is 30.6 Å². The van der Waals surface area contributed by atoms with Gasteiger partial charge in [0.2, 0.25) is 0 Å². The second-order valence-corrected chi connectivity index (χ2v) is 3.62. The minimum Gasteiger partial charge on any atom is -0.261 e. The molecule has 0 saturated heterocycles. The van der Waals surface area contributed by atoms with Crippen molar-refractivity contribution in [1.29, 1.82) is 0 Å². The Kier molecular flexibility index (Phi) is 7.21. The van der Waals surface area contributed by atoms with Crippen LogP contribution in [-0.2, 0) is 0 Å². The summed E-state index contributed by atoms with van der Waals surface area (Å²) in [6.07, 6.45) is 9.01. The Bertz CT molecular complexity index is 279. The summed E-state index contributed by atoms with van der Waals surface area (Å²) in [7, 11) is 0. The van der Waals surface area contributed by atoms with Crippen LogP contribution < -0.4 is 0 Å². The second kappa shape index (κ2) is 7.63. The highest BCUT2D eigenvalue weighted by Gasteiger charge is 1.98. The Morgan fingerprint density at radius 3 is 2.36 bits per heavy atom. The number of aliphatic imine (C=N–C) groups is 1. The highest BCUT2D eigenvalue weighted by Crippen LogP contribution is 2.16. The van der Waals surface area contributed by atoms with Crippen molar-refractivity contribution in [1.82, 2.24) is 0 Å². The summed E-state index contributed by atoms with van der Waals surface area (Å²) < 4.78 is 0. The molecular weight excluding hydrogens is 190 g/mol. The summed E-state index contributed by atoms with van der Waals surface area (Å²) in [6.45, 7) is 8.00. The van der Waals surface area contributed by atoms with Gasteiger partial charge in [0.1, 0.15) is 0 Å². The van der Waals surface area contributed by atoms with Gasteiger partial charge in [-0.05, 0) is 43.7 Å². The van der Waals surface area contributed by atoms with Crippen molar-refractivity contribution >= 4 is 18.8 Å². The summed E-state index contributed by atoms with van der Waals surface area (Å²) >= 11 is 4.27. The zero-order chi connectivity index (χ0) is 11.0. The molecule has 0 aromatic rings. The van der Waals surface area contributed by atoms with Gasteiger partial charge in [0.15, 0.2) is 0 Å². The molecular formula is C12H19NS. The molecule has 0 bridgehead atoms. The third-order valence-electron chi connectivity index (χ3n) is 1.63. The summed E-state index contributed by atoms with van der Waals surface area (Å²) in [6, 6.07) is 0. The van der Waals surface area contributed by atoms with Crippen LogP contribution in [0.3, 0.4) is 0 Å². The van der Waals surface area contributed by atoms with Crippen molar-refractivity contribution in [3.63, 3.8) is 0 Å². The summed E-state index contributed by atoms with van der Waals surface area (Å²) in [5.41, 5.74) is 2.14.